The lowest BCUT2D eigenvalue weighted by Gasteiger charge is -2.18. The second kappa shape index (κ2) is 7.65. The third-order valence-electron chi connectivity index (χ3n) is 3.59. The van der Waals surface area contributed by atoms with Gasteiger partial charge in [-0.25, -0.2) is 8.42 Å². The minimum atomic E-state index is -3.60. The summed E-state index contributed by atoms with van der Waals surface area (Å²) in [6.45, 7) is 4.51. The van der Waals surface area contributed by atoms with E-state index < -0.39 is 9.84 Å². The van der Waals surface area contributed by atoms with E-state index in [0.29, 0.717) is 23.9 Å². The van der Waals surface area contributed by atoms with Crippen LogP contribution in [-0.4, -0.2) is 39.1 Å². The fraction of sp³-hybridized carbons (Fsp3) is 0.500. The Bertz CT molecular complexity index is 728. The predicted octanol–water partition coefficient (Wildman–Crippen LogP) is 1.34. The molecule has 0 bridgehead atoms. The maximum absolute atomic E-state index is 12.3. The van der Waals surface area contributed by atoms with Crippen molar-refractivity contribution < 1.29 is 22.7 Å². The van der Waals surface area contributed by atoms with Gasteiger partial charge >= 0.3 is 0 Å². The zero-order valence-electron chi connectivity index (χ0n) is 13.8. The molecule has 1 aromatic carbocycles. The zero-order chi connectivity index (χ0) is 17.7. The first-order valence-corrected chi connectivity index (χ1v) is 9.49. The van der Waals surface area contributed by atoms with E-state index in [1.807, 2.05) is 0 Å². The standard InChI is InChI=1S/C16H22N2O5S/c1-11(2)5-7-17-15(19)6-8-24(21,22)12-3-4-13-14(9-12)23-10-16(20)18-13/h3-4,9,11H,5-8,10H2,1-2H3,(H,17,19)(H,18,20). The molecular weight excluding hydrogens is 332 g/mol. The van der Waals surface area contributed by atoms with Gasteiger partial charge in [0.05, 0.1) is 16.3 Å². The molecule has 132 valence electrons. The molecule has 0 saturated carbocycles. The van der Waals surface area contributed by atoms with E-state index in [1.54, 1.807) is 0 Å². The highest BCUT2D eigenvalue weighted by molar-refractivity contribution is 7.91. The number of hydrogen-bond acceptors (Lipinski definition) is 5. The Hall–Kier alpha value is -2.09. The van der Waals surface area contributed by atoms with Crippen LogP contribution in [0.25, 0.3) is 0 Å². The van der Waals surface area contributed by atoms with E-state index in [4.69, 9.17) is 4.74 Å². The molecule has 0 atom stereocenters. The van der Waals surface area contributed by atoms with Crippen molar-refractivity contribution in [1.29, 1.82) is 0 Å². The van der Waals surface area contributed by atoms with Gasteiger partial charge in [-0.05, 0) is 24.5 Å². The van der Waals surface area contributed by atoms with Crippen molar-refractivity contribution in [1.82, 2.24) is 5.32 Å². The summed E-state index contributed by atoms with van der Waals surface area (Å²) in [6, 6.07) is 4.27. The molecule has 0 radical (unpaired) electrons. The summed E-state index contributed by atoms with van der Waals surface area (Å²) in [6.07, 6.45) is 0.765. The Morgan fingerprint density at radius 2 is 2.12 bits per heavy atom. The van der Waals surface area contributed by atoms with Crippen molar-refractivity contribution in [3.8, 4) is 5.75 Å². The van der Waals surface area contributed by atoms with Crippen molar-refractivity contribution in [2.45, 2.75) is 31.6 Å². The van der Waals surface area contributed by atoms with Crippen LogP contribution in [-0.2, 0) is 19.4 Å². The van der Waals surface area contributed by atoms with Gasteiger partial charge in [-0.1, -0.05) is 13.8 Å². The van der Waals surface area contributed by atoms with Crippen LogP contribution in [0, 0.1) is 5.92 Å². The number of benzene rings is 1. The largest absolute Gasteiger partial charge is 0.482 e. The minimum Gasteiger partial charge on any atom is -0.482 e. The summed E-state index contributed by atoms with van der Waals surface area (Å²) in [5.41, 5.74) is 0.441. The Labute approximate surface area is 141 Å². The molecule has 0 saturated heterocycles. The predicted molar refractivity (Wildman–Crippen MR) is 89.7 cm³/mol. The molecule has 24 heavy (non-hydrogen) atoms. The first-order chi connectivity index (χ1) is 11.3. The van der Waals surface area contributed by atoms with E-state index in [0.717, 1.165) is 6.42 Å². The number of rotatable bonds is 7. The maximum atomic E-state index is 12.3. The highest BCUT2D eigenvalue weighted by atomic mass is 32.2. The number of sulfone groups is 1. The normalized spacial score (nSPS) is 13.9. The Morgan fingerprint density at radius 1 is 1.38 bits per heavy atom. The number of amides is 2. The first kappa shape index (κ1) is 18.3. The maximum Gasteiger partial charge on any atom is 0.262 e. The van der Waals surface area contributed by atoms with E-state index in [-0.39, 0.29) is 35.5 Å². The van der Waals surface area contributed by atoms with Crippen molar-refractivity contribution in [2.75, 3.05) is 24.2 Å². The van der Waals surface area contributed by atoms with Gasteiger partial charge in [-0.15, -0.1) is 0 Å². The fourth-order valence-corrected chi connectivity index (χ4v) is 3.43. The molecule has 1 aliphatic heterocycles. The van der Waals surface area contributed by atoms with E-state index in [1.165, 1.54) is 18.2 Å². The number of carbonyl (C=O) groups excluding carboxylic acids is 2. The molecule has 2 N–H and O–H groups in total. The SMILES string of the molecule is CC(C)CCNC(=O)CCS(=O)(=O)c1ccc2c(c1)OCC(=O)N2. The highest BCUT2D eigenvalue weighted by Gasteiger charge is 2.21. The molecule has 2 rings (SSSR count). The van der Waals surface area contributed by atoms with Gasteiger partial charge in [0.25, 0.3) is 5.91 Å². The Balaban J connectivity index is 1.95. The van der Waals surface area contributed by atoms with Gasteiger partial charge in [-0.3, -0.25) is 9.59 Å². The zero-order valence-corrected chi connectivity index (χ0v) is 14.6. The molecule has 1 aliphatic rings. The third-order valence-corrected chi connectivity index (χ3v) is 5.30. The molecule has 0 spiro atoms. The molecular formula is C16H22N2O5S. The van der Waals surface area contributed by atoms with Crippen LogP contribution in [0.4, 0.5) is 5.69 Å². The van der Waals surface area contributed by atoms with Gasteiger partial charge in [0.15, 0.2) is 16.4 Å². The summed E-state index contributed by atoms with van der Waals surface area (Å²) in [5.74, 6) is -0.0370. The average Bonchev–Trinajstić information content (AvgIpc) is 2.52. The monoisotopic (exact) mass is 354 g/mol. The van der Waals surface area contributed by atoms with Crippen LogP contribution in [0.2, 0.25) is 0 Å². The number of carbonyl (C=O) groups is 2. The third kappa shape index (κ3) is 4.95. The second-order valence-electron chi connectivity index (χ2n) is 6.10. The molecule has 7 nitrogen and oxygen atoms in total. The highest BCUT2D eigenvalue weighted by Crippen LogP contribution is 2.30. The lowest BCUT2D eigenvalue weighted by Crippen LogP contribution is -2.27. The van der Waals surface area contributed by atoms with Gasteiger partial charge in [0.2, 0.25) is 5.91 Å². The van der Waals surface area contributed by atoms with E-state index in [9.17, 15) is 18.0 Å². The molecule has 0 unspecified atom stereocenters. The van der Waals surface area contributed by atoms with Gasteiger partial charge in [0.1, 0.15) is 5.75 Å². The molecule has 0 fully saturated rings. The first-order valence-electron chi connectivity index (χ1n) is 7.84. The van der Waals surface area contributed by atoms with Crippen molar-refractivity contribution in [3.63, 3.8) is 0 Å². The molecule has 8 heteroatoms. The van der Waals surface area contributed by atoms with Gasteiger partial charge in [-0.2, -0.15) is 0 Å². The van der Waals surface area contributed by atoms with Crippen molar-refractivity contribution in [2.24, 2.45) is 5.92 Å². The van der Waals surface area contributed by atoms with Crippen LogP contribution < -0.4 is 15.4 Å². The molecule has 0 aromatic heterocycles. The summed E-state index contributed by atoms with van der Waals surface area (Å²) in [4.78, 5) is 23.0. The lowest BCUT2D eigenvalue weighted by molar-refractivity contribution is -0.121. The lowest BCUT2D eigenvalue weighted by atomic mass is 10.1. The summed E-state index contributed by atoms with van der Waals surface area (Å²) in [5, 5.41) is 5.32. The van der Waals surface area contributed by atoms with E-state index in [2.05, 4.69) is 24.5 Å². The van der Waals surface area contributed by atoms with Crippen LogP contribution in [0.3, 0.4) is 0 Å². The number of nitrogens with one attached hydrogen (secondary N) is 2. The van der Waals surface area contributed by atoms with Gasteiger partial charge in [0, 0.05) is 19.0 Å². The quantitative estimate of drug-likeness (QED) is 0.769. The summed E-state index contributed by atoms with van der Waals surface area (Å²) in [7, 11) is -3.60. The summed E-state index contributed by atoms with van der Waals surface area (Å²) < 4.78 is 29.9. The summed E-state index contributed by atoms with van der Waals surface area (Å²) >= 11 is 0. The van der Waals surface area contributed by atoms with Gasteiger partial charge < -0.3 is 15.4 Å². The number of anilines is 1. The molecule has 1 aromatic rings. The van der Waals surface area contributed by atoms with Crippen molar-refractivity contribution in [3.05, 3.63) is 18.2 Å². The number of ether oxygens (including phenoxy) is 1. The molecule has 1 heterocycles. The van der Waals surface area contributed by atoms with Crippen LogP contribution in [0.15, 0.2) is 23.1 Å². The van der Waals surface area contributed by atoms with Crippen molar-refractivity contribution >= 4 is 27.3 Å². The number of hydrogen-bond donors (Lipinski definition) is 2. The second-order valence-corrected chi connectivity index (χ2v) is 8.21. The van der Waals surface area contributed by atoms with Crippen LogP contribution in [0.1, 0.15) is 26.7 Å². The molecule has 2 amide bonds. The van der Waals surface area contributed by atoms with Crippen LogP contribution >= 0.6 is 0 Å². The topological polar surface area (TPSA) is 102 Å². The average molecular weight is 354 g/mol. The number of fused-ring (bicyclic) bond motifs is 1. The minimum absolute atomic E-state index is 0.0763. The fourth-order valence-electron chi connectivity index (χ4n) is 2.18. The Kier molecular flexibility index (Phi) is 5.82. The smallest absolute Gasteiger partial charge is 0.262 e. The molecule has 0 aliphatic carbocycles. The van der Waals surface area contributed by atoms with E-state index >= 15 is 0 Å². The van der Waals surface area contributed by atoms with Crippen LogP contribution in [0.5, 0.6) is 5.75 Å². The Morgan fingerprint density at radius 3 is 2.83 bits per heavy atom.